The molecule has 11 heteroatoms. The van der Waals surface area contributed by atoms with Gasteiger partial charge in [-0.05, 0) is 18.2 Å². The molecule has 0 radical (unpaired) electrons. The fourth-order valence-electron chi connectivity index (χ4n) is 2.65. The largest absolute Gasteiger partial charge is 0.465 e. The maximum Gasteiger partial charge on any atom is 0.451 e. The van der Waals surface area contributed by atoms with Crippen LogP contribution in [-0.4, -0.2) is 34.9 Å². The number of carbonyl (C=O) groups is 2. The summed E-state index contributed by atoms with van der Waals surface area (Å²) in [5.74, 6) is -3.56. The second kappa shape index (κ2) is 8.66. The Morgan fingerprint density at radius 3 is 2.35 bits per heavy atom. The van der Waals surface area contributed by atoms with E-state index in [-0.39, 0.29) is 22.0 Å². The Labute approximate surface area is 173 Å². The van der Waals surface area contributed by atoms with Crippen molar-refractivity contribution in [1.82, 2.24) is 9.97 Å². The number of ketones is 1. The molecule has 2 aromatic carbocycles. The second-order valence-electron chi connectivity index (χ2n) is 6.03. The van der Waals surface area contributed by atoms with E-state index in [0.29, 0.717) is 0 Å². The lowest BCUT2D eigenvalue weighted by molar-refractivity contribution is -0.144. The van der Waals surface area contributed by atoms with Gasteiger partial charge in [-0.3, -0.25) is 4.79 Å². The minimum Gasteiger partial charge on any atom is -0.465 e. The third-order valence-electron chi connectivity index (χ3n) is 4.07. The van der Waals surface area contributed by atoms with Gasteiger partial charge in [-0.1, -0.05) is 30.3 Å². The molecule has 3 aromatic rings. The molecule has 1 unspecified atom stereocenters. The van der Waals surface area contributed by atoms with Gasteiger partial charge in [0.15, 0.2) is 5.82 Å². The molecule has 0 saturated heterocycles. The van der Waals surface area contributed by atoms with Gasteiger partial charge in [-0.25, -0.2) is 14.8 Å². The van der Waals surface area contributed by atoms with Crippen LogP contribution < -0.4 is 0 Å². The van der Waals surface area contributed by atoms with Crippen molar-refractivity contribution in [3.05, 3.63) is 65.5 Å². The molecular formula is C20H12F3N5O3. The summed E-state index contributed by atoms with van der Waals surface area (Å²) in [6, 6.07) is 11.3. The third kappa shape index (κ3) is 4.53. The van der Waals surface area contributed by atoms with E-state index in [1.165, 1.54) is 48.5 Å². The van der Waals surface area contributed by atoms with Crippen molar-refractivity contribution in [1.29, 1.82) is 5.26 Å². The molecule has 0 fully saturated rings. The molecule has 1 heterocycles. The van der Waals surface area contributed by atoms with Gasteiger partial charge < -0.3 is 4.74 Å². The first-order valence-electron chi connectivity index (χ1n) is 8.62. The van der Waals surface area contributed by atoms with Crippen molar-refractivity contribution in [3.8, 4) is 6.07 Å². The number of azo groups is 1. The molecule has 156 valence electrons. The number of rotatable bonds is 5. The van der Waals surface area contributed by atoms with E-state index in [4.69, 9.17) is 0 Å². The first kappa shape index (κ1) is 21.5. The summed E-state index contributed by atoms with van der Waals surface area (Å²) in [4.78, 5) is 31.4. The zero-order valence-electron chi connectivity index (χ0n) is 15.8. The summed E-state index contributed by atoms with van der Waals surface area (Å²) in [5, 5.41) is 16.7. The van der Waals surface area contributed by atoms with Crippen LogP contribution in [0.5, 0.6) is 0 Å². The molecule has 0 N–H and O–H groups in total. The summed E-state index contributed by atoms with van der Waals surface area (Å²) < 4.78 is 44.0. The summed E-state index contributed by atoms with van der Waals surface area (Å²) in [5.41, 5.74) is -0.254. The number of methoxy groups -OCH3 is 1. The van der Waals surface area contributed by atoms with Gasteiger partial charge in [-0.15, -0.1) is 5.11 Å². The highest BCUT2D eigenvalue weighted by Gasteiger charge is 2.35. The average molecular weight is 427 g/mol. The van der Waals surface area contributed by atoms with E-state index < -0.39 is 35.6 Å². The van der Waals surface area contributed by atoms with Crippen LogP contribution in [0.3, 0.4) is 0 Å². The highest BCUT2D eigenvalue weighted by atomic mass is 19.4. The van der Waals surface area contributed by atoms with E-state index in [0.717, 1.165) is 7.11 Å². The first-order valence-corrected chi connectivity index (χ1v) is 8.62. The van der Waals surface area contributed by atoms with Crippen molar-refractivity contribution in [2.45, 2.75) is 12.2 Å². The maximum atomic E-state index is 13.1. The molecular weight excluding hydrogens is 415 g/mol. The van der Waals surface area contributed by atoms with Crippen LogP contribution >= 0.6 is 0 Å². The number of Topliss-reactive ketones (excluding diaryl/α,β-unsaturated/α-hetero) is 1. The first-order chi connectivity index (χ1) is 14.8. The van der Waals surface area contributed by atoms with Crippen LogP contribution in [0.1, 0.15) is 26.5 Å². The van der Waals surface area contributed by atoms with Crippen molar-refractivity contribution >= 4 is 28.5 Å². The van der Waals surface area contributed by atoms with Crippen LogP contribution in [0, 0.1) is 11.3 Å². The molecule has 3 rings (SSSR count). The Balaban J connectivity index is 2.03. The van der Waals surface area contributed by atoms with Crippen LogP contribution in [0.4, 0.5) is 19.0 Å². The lowest BCUT2D eigenvalue weighted by Crippen LogP contribution is -2.20. The quantitative estimate of drug-likeness (QED) is 0.340. The molecule has 0 spiro atoms. The molecule has 1 aromatic heterocycles. The molecule has 31 heavy (non-hydrogen) atoms. The minimum absolute atomic E-state index is 0.0327. The molecule has 0 bridgehead atoms. The number of carbonyl (C=O) groups excluding carboxylic acids is 2. The predicted molar refractivity (Wildman–Crippen MR) is 101 cm³/mol. The number of aromatic nitrogens is 2. The van der Waals surface area contributed by atoms with Gasteiger partial charge in [0, 0.05) is 10.9 Å². The van der Waals surface area contributed by atoms with Gasteiger partial charge in [0.2, 0.25) is 17.6 Å². The van der Waals surface area contributed by atoms with Gasteiger partial charge in [0.05, 0.1) is 24.3 Å². The SMILES string of the molecule is COC(=O)c1ccccc1C(=O)C(C#N)N=Nc1nc(C(F)(F)F)nc2ccccc12. The topological polar surface area (TPSA) is 118 Å². The van der Waals surface area contributed by atoms with E-state index in [9.17, 15) is 28.0 Å². The zero-order valence-corrected chi connectivity index (χ0v) is 15.8. The number of halogens is 3. The smallest absolute Gasteiger partial charge is 0.451 e. The Morgan fingerprint density at radius 1 is 1.06 bits per heavy atom. The van der Waals surface area contributed by atoms with Gasteiger partial charge in [0.1, 0.15) is 0 Å². The number of alkyl halides is 3. The number of hydrogen-bond donors (Lipinski definition) is 0. The minimum atomic E-state index is -4.84. The molecule has 0 aliphatic rings. The van der Waals surface area contributed by atoms with Crippen molar-refractivity contribution in [3.63, 3.8) is 0 Å². The van der Waals surface area contributed by atoms with Crippen LogP contribution in [-0.2, 0) is 10.9 Å². The van der Waals surface area contributed by atoms with Crippen molar-refractivity contribution in [2.24, 2.45) is 10.2 Å². The van der Waals surface area contributed by atoms with Crippen LogP contribution in [0.15, 0.2) is 58.8 Å². The number of para-hydroxylation sites is 1. The summed E-state index contributed by atoms with van der Waals surface area (Å²) in [6.07, 6.45) is -4.84. The molecule has 0 amide bonds. The number of esters is 1. The summed E-state index contributed by atoms with van der Waals surface area (Å²) in [7, 11) is 1.13. The van der Waals surface area contributed by atoms with Crippen LogP contribution in [0.25, 0.3) is 10.9 Å². The monoisotopic (exact) mass is 427 g/mol. The normalized spacial score (nSPS) is 12.5. The standard InChI is InChI=1S/C20H12F3N5O3/c1-31-18(30)12-7-3-2-6-11(12)16(29)15(10-24)27-28-17-13-8-4-5-9-14(13)25-19(26-17)20(21,22)23/h2-9,15H,1H3. The van der Waals surface area contributed by atoms with Crippen LogP contribution in [0.2, 0.25) is 0 Å². The molecule has 1 atom stereocenters. The van der Waals surface area contributed by atoms with E-state index in [1.807, 2.05) is 0 Å². The molecule has 0 aliphatic heterocycles. The Hall–Kier alpha value is -4.20. The Morgan fingerprint density at radius 2 is 1.71 bits per heavy atom. The average Bonchev–Trinajstić information content (AvgIpc) is 2.77. The van der Waals surface area contributed by atoms with Gasteiger partial charge in [-0.2, -0.15) is 23.5 Å². The maximum absolute atomic E-state index is 13.1. The van der Waals surface area contributed by atoms with Gasteiger partial charge >= 0.3 is 12.1 Å². The lowest BCUT2D eigenvalue weighted by Gasteiger charge is -2.09. The second-order valence-corrected chi connectivity index (χ2v) is 6.03. The third-order valence-corrected chi connectivity index (χ3v) is 4.07. The summed E-state index contributed by atoms with van der Waals surface area (Å²) >= 11 is 0. The lowest BCUT2D eigenvalue weighted by atomic mass is 10.00. The molecule has 8 nitrogen and oxygen atoms in total. The number of nitrogens with zero attached hydrogens (tertiary/aromatic N) is 5. The highest BCUT2D eigenvalue weighted by molar-refractivity contribution is 6.09. The number of benzene rings is 2. The number of ether oxygens (including phenoxy) is 1. The van der Waals surface area contributed by atoms with Crippen molar-refractivity contribution in [2.75, 3.05) is 7.11 Å². The predicted octanol–water partition coefficient (Wildman–Crippen LogP) is 4.29. The fraction of sp³-hybridized carbons (Fsp3) is 0.150. The Kier molecular flexibility index (Phi) is 6.01. The van der Waals surface area contributed by atoms with E-state index in [1.54, 1.807) is 6.07 Å². The number of fused-ring (bicyclic) bond motifs is 1. The summed E-state index contributed by atoms with van der Waals surface area (Å²) in [6.45, 7) is 0. The van der Waals surface area contributed by atoms with E-state index >= 15 is 0 Å². The van der Waals surface area contributed by atoms with Gasteiger partial charge in [0.25, 0.3) is 0 Å². The number of nitriles is 1. The molecule has 0 saturated carbocycles. The fourth-order valence-corrected chi connectivity index (χ4v) is 2.65. The zero-order chi connectivity index (χ0) is 22.6. The highest BCUT2D eigenvalue weighted by Crippen LogP contribution is 2.31. The Bertz CT molecular complexity index is 1230. The van der Waals surface area contributed by atoms with Crippen molar-refractivity contribution < 1.29 is 27.5 Å². The van der Waals surface area contributed by atoms with E-state index in [2.05, 4.69) is 24.9 Å². The number of hydrogen-bond acceptors (Lipinski definition) is 8. The molecule has 0 aliphatic carbocycles.